The van der Waals surface area contributed by atoms with E-state index < -0.39 is 11.9 Å². The number of rotatable bonds is 4. The zero-order chi connectivity index (χ0) is 11.4. The van der Waals surface area contributed by atoms with Gasteiger partial charge >= 0.3 is 5.97 Å². The molecule has 0 fully saturated rings. The van der Waals surface area contributed by atoms with Crippen LogP contribution in [0, 0.1) is 0 Å². The van der Waals surface area contributed by atoms with Crippen molar-refractivity contribution >= 4 is 5.97 Å². The third kappa shape index (κ3) is 2.28. The van der Waals surface area contributed by atoms with Gasteiger partial charge in [0, 0.05) is 12.6 Å². The minimum atomic E-state index is -0.893. The molecule has 4 heteroatoms. The lowest BCUT2D eigenvalue weighted by atomic mass is 9.99. The van der Waals surface area contributed by atoms with Gasteiger partial charge in [0.05, 0.1) is 12.0 Å². The third-order valence-electron chi connectivity index (χ3n) is 2.33. The maximum atomic E-state index is 11.1. The van der Waals surface area contributed by atoms with E-state index in [1.165, 1.54) is 6.26 Å². The predicted molar refractivity (Wildman–Crippen MR) is 57.0 cm³/mol. The number of hydrogen-bond acceptors (Lipinski definition) is 3. The van der Waals surface area contributed by atoms with Crippen molar-refractivity contribution < 1.29 is 14.3 Å². The van der Waals surface area contributed by atoms with Crippen molar-refractivity contribution in [3.63, 3.8) is 0 Å². The van der Waals surface area contributed by atoms with E-state index in [1.54, 1.807) is 36.5 Å². The zero-order valence-electron chi connectivity index (χ0n) is 8.54. The summed E-state index contributed by atoms with van der Waals surface area (Å²) in [6.07, 6.45) is 3.44. The van der Waals surface area contributed by atoms with E-state index in [1.807, 2.05) is 0 Å². The lowest BCUT2D eigenvalue weighted by Gasteiger charge is -2.09. The molecule has 0 amide bonds. The standard InChI is InChI=1S/C12H11NO3/c14-12(15)10(8-9-4-3-7-16-9)11-5-1-2-6-13-11/h1-7,10H,8H2,(H,14,15). The molecule has 2 aromatic heterocycles. The highest BCUT2D eigenvalue weighted by molar-refractivity contribution is 5.75. The molecule has 0 aliphatic rings. The van der Waals surface area contributed by atoms with Crippen molar-refractivity contribution in [2.45, 2.75) is 12.3 Å². The first kappa shape index (κ1) is 10.4. The molecule has 2 rings (SSSR count). The Morgan fingerprint density at radius 2 is 2.25 bits per heavy atom. The van der Waals surface area contributed by atoms with Crippen molar-refractivity contribution in [2.75, 3.05) is 0 Å². The Labute approximate surface area is 92.6 Å². The maximum absolute atomic E-state index is 11.1. The molecule has 2 heterocycles. The van der Waals surface area contributed by atoms with Crippen LogP contribution in [-0.2, 0) is 11.2 Å². The summed E-state index contributed by atoms with van der Waals surface area (Å²) in [6, 6.07) is 8.75. The number of aliphatic carboxylic acids is 1. The molecule has 0 saturated heterocycles. The van der Waals surface area contributed by atoms with E-state index in [4.69, 9.17) is 9.52 Å². The molecule has 1 unspecified atom stereocenters. The highest BCUT2D eigenvalue weighted by Gasteiger charge is 2.22. The highest BCUT2D eigenvalue weighted by atomic mass is 16.4. The average Bonchev–Trinajstić information content (AvgIpc) is 2.79. The van der Waals surface area contributed by atoms with Gasteiger partial charge in [0.15, 0.2) is 0 Å². The Morgan fingerprint density at radius 3 is 2.81 bits per heavy atom. The molecule has 16 heavy (non-hydrogen) atoms. The Hall–Kier alpha value is -2.10. The average molecular weight is 217 g/mol. The minimum absolute atomic E-state index is 0.319. The summed E-state index contributed by atoms with van der Waals surface area (Å²) in [5.41, 5.74) is 0.548. The number of carboxylic acids is 1. The van der Waals surface area contributed by atoms with Gasteiger partial charge in [-0.25, -0.2) is 0 Å². The summed E-state index contributed by atoms with van der Waals surface area (Å²) in [6.45, 7) is 0. The summed E-state index contributed by atoms with van der Waals surface area (Å²) >= 11 is 0. The molecule has 4 nitrogen and oxygen atoms in total. The quantitative estimate of drug-likeness (QED) is 0.851. The fourth-order valence-electron chi connectivity index (χ4n) is 1.53. The van der Waals surface area contributed by atoms with Gasteiger partial charge in [0.2, 0.25) is 0 Å². The summed E-state index contributed by atoms with van der Waals surface area (Å²) in [5.74, 6) is -0.902. The van der Waals surface area contributed by atoms with Crippen LogP contribution >= 0.6 is 0 Å². The van der Waals surface area contributed by atoms with E-state index >= 15 is 0 Å². The van der Waals surface area contributed by atoms with Gasteiger partial charge in [-0.1, -0.05) is 6.07 Å². The summed E-state index contributed by atoms with van der Waals surface area (Å²) in [4.78, 5) is 15.2. The van der Waals surface area contributed by atoms with Gasteiger partial charge < -0.3 is 9.52 Å². The smallest absolute Gasteiger partial charge is 0.313 e. The molecule has 0 saturated carbocycles. The normalized spacial score (nSPS) is 12.2. The van der Waals surface area contributed by atoms with Gasteiger partial charge in [0.25, 0.3) is 0 Å². The fraction of sp³-hybridized carbons (Fsp3) is 0.167. The topological polar surface area (TPSA) is 63.3 Å². The second-order valence-corrected chi connectivity index (χ2v) is 3.43. The molecule has 82 valence electrons. The van der Waals surface area contributed by atoms with Gasteiger partial charge in [-0.3, -0.25) is 9.78 Å². The molecule has 0 bridgehead atoms. The molecule has 0 spiro atoms. The van der Waals surface area contributed by atoms with Crippen LogP contribution < -0.4 is 0 Å². The van der Waals surface area contributed by atoms with Crippen LogP contribution in [0.2, 0.25) is 0 Å². The SMILES string of the molecule is O=C(O)C(Cc1ccco1)c1ccccn1. The lowest BCUT2D eigenvalue weighted by molar-refractivity contribution is -0.138. The third-order valence-corrected chi connectivity index (χ3v) is 2.33. The van der Waals surface area contributed by atoms with E-state index in [-0.39, 0.29) is 0 Å². The van der Waals surface area contributed by atoms with Crippen LogP contribution in [0.15, 0.2) is 47.2 Å². The lowest BCUT2D eigenvalue weighted by Crippen LogP contribution is -2.15. The first-order chi connectivity index (χ1) is 7.77. The van der Waals surface area contributed by atoms with Gasteiger partial charge in [-0.05, 0) is 24.3 Å². The fourth-order valence-corrected chi connectivity index (χ4v) is 1.53. The van der Waals surface area contributed by atoms with Crippen LogP contribution in [0.25, 0.3) is 0 Å². The summed E-state index contributed by atoms with van der Waals surface area (Å²) in [7, 11) is 0. The molecule has 1 N–H and O–H groups in total. The molecule has 0 aromatic carbocycles. The zero-order valence-corrected chi connectivity index (χ0v) is 8.54. The van der Waals surface area contributed by atoms with Crippen LogP contribution in [0.5, 0.6) is 0 Å². The second-order valence-electron chi connectivity index (χ2n) is 3.43. The number of nitrogens with zero attached hydrogens (tertiary/aromatic N) is 1. The summed E-state index contributed by atoms with van der Waals surface area (Å²) in [5, 5.41) is 9.14. The molecule has 0 aliphatic carbocycles. The Kier molecular flexibility index (Phi) is 3.00. The molecule has 0 radical (unpaired) electrons. The molecular weight excluding hydrogens is 206 g/mol. The van der Waals surface area contributed by atoms with E-state index in [0.717, 1.165) is 0 Å². The second kappa shape index (κ2) is 4.61. The van der Waals surface area contributed by atoms with Crippen LogP contribution in [0.1, 0.15) is 17.4 Å². The van der Waals surface area contributed by atoms with E-state index in [9.17, 15) is 4.79 Å². The Morgan fingerprint density at radius 1 is 1.38 bits per heavy atom. The first-order valence-corrected chi connectivity index (χ1v) is 4.93. The molecule has 1 atom stereocenters. The van der Waals surface area contributed by atoms with Gasteiger partial charge in [-0.2, -0.15) is 0 Å². The molecule has 0 aliphatic heterocycles. The maximum Gasteiger partial charge on any atom is 0.313 e. The van der Waals surface area contributed by atoms with Crippen molar-refractivity contribution in [3.8, 4) is 0 Å². The van der Waals surface area contributed by atoms with Crippen LogP contribution in [0.4, 0.5) is 0 Å². The van der Waals surface area contributed by atoms with Crippen molar-refractivity contribution in [3.05, 3.63) is 54.2 Å². The van der Waals surface area contributed by atoms with Crippen molar-refractivity contribution in [2.24, 2.45) is 0 Å². The van der Waals surface area contributed by atoms with Crippen LogP contribution in [-0.4, -0.2) is 16.1 Å². The van der Waals surface area contributed by atoms with E-state index in [0.29, 0.717) is 17.9 Å². The number of carbonyl (C=O) groups is 1. The van der Waals surface area contributed by atoms with Gasteiger partial charge in [-0.15, -0.1) is 0 Å². The largest absolute Gasteiger partial charge is 0.481 e. The van der Waals surface area contributed by atoms with Crippen LogP contribution in [0.3, 0.4) is 0 Å². The monoisotopic (exact) mass is 217 g/mol. The predicted octanol–water partition coefficient (Wildman–Crippen LogP) is 2.09. The number of aromatic nitrogens is 1. The number of furan rings is 1. The number of hydrogen-bond donors (Lipinski definition) is 1. The molecule has 2 aromatic rings. The Bertz CT molecular complexity index is 450. The molecular formula is C12H11NO3. The minimum Gasteiger partial charge on any atom is -0.481 e. The summed E-state index contributed by atoms with van der Waals surface area (Å²) < 4.78 is 5.14. The van der Waals surface area contributed by atoms with Gasteiger partial charge in [0.1, 0.15) is 11.7 Å². The Balaban J connectivity index is 2.22. The number of carboxylic acid groups (broad SMARTS) is 1. The number of pyridine rings is 1. The highest BCUT2D eigenvalue weighted by Crippen LogP contribution is 2.19. The van der Waals surface area contributed by atoms with Crippen molar-refractivity contribution in [1.29, 1.82) is 0 Å². The first-order valence-electron chi connectivity index (χ1n) is 4.93. The van der Waals surface area contributed by atoms with E-state index in [2.05, 4.69) is 4.98 Å². The van der Waals surface area contributed by atoms with Crippen molar-refractivity contribution in [1.82, 2.24) is 4.98 Å².